The molecule has 1 N–H and O–H groups in total. The van der Waals surface area contributed by atoms with Crippen molar-refractivity contribution in [3.63, 3.8) is 0 Å². The Hall–Kier alpha value is -2.13. The Morgan fingerprint density at radius 1 is 1.04 bits per heavy atom. The van der Waals surface area contributed by atoms with E-state index in [1.807, 2.05) is 42.2 Å². The van der Waals surface area contributed by atoms with Crippen LogP contribution in [0.3, 0.4) is 0 Å². The van der Waals surface area contributed by atoms with Gasteiger partial charge < -0.3 is 10.0 Å². The van der Waals surface area contributed by atoms with Gasteiger partial charge in [-0.05, 0) is 42.4 Å². The summed E-state index contributed by atoms with van der Waals surface area (Å²) in [4.78, 5) is 14.4. The fraction of sp³-hybridized carbons (Fsp3) is 0.381. The van der Waals surface area contributed by atoms with E-state index in [9.17, 15) is 9.90 Å². The highest BCUT2D eigenvalue weighted by Gasteiger charge is 2.25. The average molecular weight is 323 g/mol. The molecule has 1 amide bonds. The molecule has 3 rings (SSSR count). The van der Waals surface area contributed by atoms with Crippen LogP contribution in [0.2, 0.25) is 0 Å². The fourth-order valence-corrected chi connectivity index (χ4v) is 3.36. The van der Waals surface area contributed by atoms with Gasteiger partial charge in [-0.25, -0.2) is 0 Å². The van der Waals surface area contributed by atoms with Crippen LogP contribution in [0.25, 0.3) is 11.1 Å². The monoisotopic (exact) mass is 323 g/mol. The van der Waals surface area contributed by atoms with Crippen molar-refractivity contribution >= 4 is 5.91 Å². The Kier molecular flexibility index (Phi) is 5.31. The summed E-state index contributed by atoms with van der Waals surface area (Å²) < 4.78 is 0. The number of carbonyl (C=O) groups excluding carboxylic acids is 1. The standard InChI is InChI=1S/C21H25NO2/c1-16(23)18-11-13-22(14-12-18)21(24)15-17-7-9-20(10-8-17)19-5-3-2-4-6-19/h2-10,16,18,23H,11-15H2,1H3. The summed E-state index contributed by atoms with van der Waals surface area (Å²) in [5.41, 5.74) is 3.41. The molecule has 1 heterocycles. The third kappa shape index (κ3) is 4.04. The molecular weight excluding hydrogens is 298 g/mol. The van der Waals surface area contributed by atoms with Crippen molar-refractivity contribution in [3.8, 4) is 11.1 Å². The van der Waals surface area contributed by atoms with E-state index >= 15 is 0 Å². The van der Waals surface area contributed by atoms with Gasteiger partial charge in [-0.2, -0.15) is 0 Å². The van der Waals surface area contributed by atoms with Gasteiger partial charge in [0.2, 0.25) is 5.91 Å². The lowest BCUT2D eigenvalue weighted by Gasteiger charge is -2.33. The third-order valence-corrected chi connectivity index (χ3v) is 4.99. The van der Waals surface area contributed by atoms with Gasteiger partial charge in [0.15, 0.2) is 0 Å². The van der Waals surface area contributed by atoms with Crippen LogP contribution in [0.4, 0.5) is 0 Å². The molecule has 1 aliphatic rings. The lowest BCUT2D eigenvalue weighted by atomic mass is 9.92. The van der Waals surface area contributed by atoms with E-state index in [0.29, 0.717) is 12.3 Å². The maximum Gasteiger partial charge on any atom is 0.226 e. The number of piperidine rings is 1. The van der Waals surface area contributed by atoms with Gasteiger partial charge in [-0.3, -0.25) is 4.79 Å². The molecular formula is C21H25NO2. The second kappa shape index (κ2) is 7.63. The van der Waals surface area contributed by atoms with E-state index in [-0.39, 0.29) is 12.0 Å². The molecule has 1 atom stereocenters. The molecule has 1 aliphatic heterocycles. The number of benzene rings is 2. The molecule has 2 aromatic carbocycles. The first-order valence-corrected chi connectivity index (χ1v) is 8.73. The molecule has 1 unspecified atom stereocenters. The highest BCUT2D eigenvalue weighted by atomic mass is 16.3. The number of aliphatic hydroxyl groups is 1. The molecule has 0 aromatic heterocycles. The first-order valence-electron chi connectivity index (χ1n) is 8.73. The van der Waals surface area contributed by atoms with Gasteiger partial charge in [0, 0.05) is 13.1 Å². The summed E-state index contributed by atoms with van der Waals surface area (Å²) in [7, 11) is 0. The van der Waals surface area contributed by atoms with Gasteiger partial charge in [-0.15, -0.1) is 0 Å². The van der Waals surface area contributed by atoms with Crippen LogP contribution in [-0.4, -0.2) is 35.1 Å². The third-order valence-electron chi connectivity index (χ3n) is 4.99. The molecule has 24 heavy (non-hydrogen) atoms. The van der Waals surface area contributed by atoms with Gasteiger partial charge in [0.1, 0.15) is 0 Å². The number of likely N-dealkylation sites (tertiary alicyclic amines) is 1. The maximum atomic E-state index is 12.5. The number of nitrogens with zero attached hydrogens (tertiary/aromatic N) is 1. The van der Waals surface area contributed by atoms with Crippen molar-refractivity contribution in [2.45, 2.75) is 32.3 Å². The molecule has 0 radical (unpaired) electrons. The van der Waals surface area contributed by atoms with Crippen molar-refractivity contribution in [1.82, 2.24) is 4.90 Å². The zero-order chi connectivity index (χ0) is 16.9. The van der Waals surface area contributed by atoms with E-state index in [0.717, 1.165) is 31.5 Å². The molecule has 1 saturated heterocycles. The van der Waals surface area contributed by atoms with Crippen molar-refractivity contribution in [2.75, 3.05) is 13.1 Å². The SMILES string of the molecule is CC(O)C1CCN(C(=O)Cc2ccc(-c3ccccc3)cc2)CC1. The zero-order valence-corrected chi connectivity index (χ0v) is 14.2. The molecule has 3 nitrogen and oxygen atoms in total. The summed E-state index contributed by atoms with van der Waals surface area (Å²) in [5.74, 6) is 0.519. The number of hydrogen-bond acceptors (Lipinski definition) is 2. The summed E-state index contributed by atoms with van der Waals surface area (Å²) in [5, 5.41) is 9.65. The van der Waals surface area contributed by atoms with Crippen LogP contribution in [0.5, 0.6) is 0 Å². The van der Waals surface area contributed by atoms with Crippen LogP contribution >= 0.6 is 0 Å². The molecule has 0 spiro atoms. The van der Waals surface area contributed by atoms with Crippen LogP contribution in [0.15, 0.2) is 54.6 Å². The molecule has 0 aliphatic carbocycles. The smallest absolute Gasteiger partial charge is 0.226 e. The normalized spacial score (nSPS) is 16.8. The van der Waals surface area contributed by atoms with E-state index < -0.39 is 0 Å². The van der Waals surface area contributed by atoms with Crippen molar-refractivity contribution in [1.29, 1.82) is 0 Å². The van der Waals surface area contributed by atoms with Crippen LogP contribution in [-0.2, 0) is 11.2 Å². The zero-order valence-electron chi connectivity index (χ0n) is 14.2. The quantitative estimate of drug-likeness (QED) is 0.935. The summed E-state index contributed by atoms with van der Waals surface area (Å²) >= 11 is 0. The van der Waals surface area contributed by atoms with Crippen molar-refractivity contribution in [3.05, 3.63) is 60.2 Å². The van der Waals surface area contributed by atoms with Crippen LogP contribution in [0, 0.1) is 5.92 Å². The largest absolute Gasteiger partial charge is 0.393 e. The van der Waals surface area contributed by atoms with E-state index in [1.165, 1.54) is 11.1 Å². The Balaban J connectivity index is 1.57. The molecule has 3 heteroatoms. The second-order valence-electron chi connectivity index (χ2n) is 6.70. The number of rotatable bonds is 4. The van der Waals surface area contributed by atoms with Crippen molar-refractivity contribution in [2.24, 2.45) is 5.92 Å². The molecule has 126 valence electrons. The lowest BCUT2D eigenvalue weighted by molar-refractivity contribution is -0.132. The minimum atomic E-state index is -0.271. The fourth-order valence-electron chi connectivity index (χ4n) is 3.36. The van der Waals surface area contributed by atoms with E-state index in [4.69, 9.17) is 0 Å². The molecule has 0 bridgehead atoms. The van der Waals surface area contributed by atoms with Gasteiger partial charge >= 0.3 is 0 Å². The van der Waals surface area contributed by atoms with E-state index in [1.54, 1.807) is 0 Å². The lowest BCUT2D eigenvalue weighted by Crippen LogP contribution is -2.41. The number of aliphatic hydroxyl groups excluding tert-OH is 1. The molecule has 2 aromatic rings. The van der Waals surface area contributed by atoms with Gasteiger partial charge in [0.25, 0.3) is 0 Å². The van der Waals surface area contributed by atoms with Gasteiger partial charge in [0.05, 0.1) is 12.5 Å². The average Bonchev–Trinajstić information content (AvgIpc) is 2.63. The second-order valence-corrected chi connectivity index (χ2v) is 6.70. The molecule has 1 fully saturated rings. The summed E-state index contributed by atoms with van der Waals surface area (Å²) in [6.45, 7) is 3.36. The Morgan fingerprint density at radius 2 is 1.62 bits per heavy atom. The summed E-state index contributed by atoms with van der Waals surface area (Å²) in [6, 6.07) is 18.5. The Bertz CT molecular complexity index is 656. The number of hydrogen-bond donors (Lipinski definition) is 1. The predicted octanol–water partition coefficient (Wildman–Crippen LogP) is 3.52. The first kappa shape index (κ1) is 16.7. The molecule has 0 saturated carbocycles. The van der Waals surface area contributed by atoms with Crippen LogP contribution in [0.1, 0.15) is 25.3 Å². The topological polar surface area (TPSA) is 40.5 Å². The maximum absolute atomic E-state index is 12.5. The van der Waals surface area contributed by atoms with E-state index in [2.05, 4.69) is 24.3 Å². The number of amides is 1. The first-order chi connectivity index (χ1) is 11.6. The minimum absolute atomic E-state index is 0.187. The predicted molar refractivity (Wildman–Crippen MR) is 96.6 cm³/mol. The summed E-state index contributed by atoms with van der Waals surface area (Å²) in [6.07, 6.45) is 1.98. The minimum Gasteiger partial charge on any atom is -0.393 e. The van der Waals surface area contributed by atoms with Crippen molar-refractivity contribution < 1.29 is 9.90 Å². The van der Waals surface area contributed by atoms with Gasteiger partial charge in [-0.1, -0.05) is 54.6 Å². The number of carbonyl (C=O) groups is 1. The highest BCUT2D eigenvalue weighted by Crippen LogP contribution is 2.22. The Morgan fingerprint density at radius 3 is 2.21 bits per heavy atom. The van der Waals surface area contributed by atoms with Crippen LogP contribution < -0.4 is 0 Å². The highest BCUT2D eigenvalue weighted by molar-refractivity contribution is 5.79. The Labute approximate surface area is 143 Å².